The van der Waals surface area contributed by atoms with Crippen molar-refractivity contribution < 1.29 is 4.79 Å². The zero-order chi connectivity index (χ0) is 19.1. The molecule has 2 aromatic rings. The van der Waals surface area contributed by atoms with Gasteiger partial charge in [-0.05, 0) is 35.2 Å². The van der Waals surface area contributed by atoms with Gasteiger partial charge >= 0.3 is 0 Å². The summed E-state index contributed by atoms with van der Waals surface area (Å²) in [6, 6.07) is 16.0. The topological polar surface area (TPSA) is 56.7 Å². The van der Waals surface area contributed by atoms with Gasteiger partial charge in [0, 0.05) is 44.7 Å². The molecule has 6 heteroatoms. The number of likely N-dealkylation sites (tertiary alicyclic amines) is 1. The second-order valence-corrected chi connectivity index (χ2v) is 7.03. The Morgan fingerprint density at radius 3 is 2.44 bits per heavy atom. The molecule has 0 bridgehead atoms. The minimum Gasteiger partial charge on any atom is -0.352 e. The average molecular weight is 385 g/mol. The Kier molecular flexibility index (Phi) is 6.71. The Balaban J connectivity index is 1.56. The summed E-state index contributed by atoms with van der Waals surface area (Å²) in [5, 5.41) is 7.39. The van der Waals surface area contributed by atoms with Gasteiger partial charge in [-0.3, -0.25) is 9.79 Å². The fourth-order valence-corrected chi connectivity index (χ4v) is 3.27. The standard InChI is InChI=1S/C21H25ClN4O/c1-23-21(24-13-16-8-10-19(22)11-9-16)25-14-17-5-2-3-6-18(17)15-26-12-4-7-20(26)27/h2-3,5-6,8-11H,4,7,12-15H2,1H3,(H2,23,24,25). The first-order chi connectivity index (χ1) is 13.2. The highest BCUT2D eigenvalue weighted by molar-refractivity contribution is 6.30. The Hall–Kier alpha value is -2.53. The lowest BCUT2D eigenvalue weighted by atomic mass is 10.1. The van der Waals surface area contributed by atoms with Gasteiger partial charge in [-0.2, -0.15) is 0 Å². The fourth-order valence-electron chi connectivity index (χ4n) is 3.15. The second kappa shape index (κ2) is 9.42. The van der Waals surface area contributed by atoms with Crippen molar-refractivity contribution in [2.45, 2.75) is 32.5 Å². The molecule has 27 heavy (non-hydrogen) atoms. The van der Waals surface area contributed by atoms with E-state index < -0.39 is 0 Å². The van der Waals surface area contributed by atoms with Crippen molar-refractivity contribution in [3.8, 4) is 0 Å². The van der Waals surface area contributed by atoms with E-state index in [0.29, 0.717) is 26.1 Å². The molecule has 0 aromatic heterocycles. The van der Waals surface area contributed by atoms with E-state index in [2.05, 4.69) is 27.8 Å². The molecule has 0 radical (unpaired) electrons. The number of carbonyl (C=O) groups excluding carboxylic acids is 1. The maximum Gasteiger partial charge on any atom is 0.222 e. The Labute approximate surface area is 165 Å². The van der Waals surface area contributed by atoms with E-state index >= 15 is 0 Å². The number of hydrogen-bond acceptors (Lipinski definition) is 2. The van der Waals surface area contributed by atoms with Crippen LogP contribution in [0.3, 0.4) is 0 Å². The smallest absolute Gasteiger partial charge is 0.222 e. The van der Waals surface area contributed by atoms with Crippen LogP contribution in [0.15, 0.2) is 53.5 Å². The van der Waals surface area contributed by atoms with Crippen LogP contribution in [0, 0.1) is 0 Å². The number of benzene rings is 2. The molecular weight excluding hydrogens is 360 g/mol. The molecule has 0 spiro atoms. The molecule has 0 saturated carbocycles. The molecule has 0 unspecified atom stereocenters. The summed E-state index contributed by atoms with van der Waals surface area (Å²) in [5.41, 5.74) is 3.48. The number of aliphatic imine (C=N–C) groups is 1. The number of hydrogen-bond donors (Lipinski definition) is 2. The van der Waals surface area contributed by atoms with Crippen LogP contribution in [0.2, 0.25) is 5.02 Å². The molecule has 2 aromatic carbocycles. The molecule has 0 aliphatic carbocycles. The SMILES string of the molecule is CN=C(NCc1ccc(Cl)cc1)NCc1ccccc1CN1CCCC1=O. The zero-order valence-corrected chi connectivity index (χ0v) is 16.3. The van der Waals surface area contributed by atoms with Crippen molar-refractivity contribution in [1.82, 2.24) is 15.5 Å². The van der Waals surface area contributed by atoms with E-state index in [0.717, 1.165) is 29.5 Å². The van der Waals surface area contributed by atoms with Gasteiger partial charge in [-0.15, -0.1) is 0 Å². The summed E-state index contributed by atoms with van der Waals surface area (Å²) in [7, 11) is 1.76. The highest BCUT2D eigenvalue weighted by Crippen LogP contribution is 2.17. The maximum atomic E-state index is 11.9. The summed E-state index contributed by atoms with van der Waals surface area (Å²) in [6.07, 6.45) is 1.63. The van der Waals surface area contributed by atoms with Gasteiger partial charge in [0.05, 0.1) is 0 Å². The first-order valence-electron chi connectivity index (χ1n) is 9.19. The Morgan fingerprint density at radius 1 is 1.07 bits per heavy atom. The van der Waals surface area contributed by atoms with Gasteiger partial charge in [0.25, 0.3) is 0 Å². The average Bonchev–Trinajstić information content (AvgIpc) is 3.09. The number of amides is 1. The van der Waals surface area contributed by atoms with Crippen LogP contribution in [-0.4, -0.2) is 30.4 Å². The van der Waals surface area contributed by atoms with Crippen molar-refractivity contribution in [2.75, 3.05) is 13.6 Å². The molecule has 1 aliphatic heterocycles. The predicted molar refractivity (Wildman–Crippen MR) is 110 cm³/mol. The summed E-state index contributed by atoms with van der Waals surface area (Å²) in [6.45, 7) is 2.84. The van der Waals surface area contributed by atoms with Crippen LogP contribution < -0.4 is 10.6 Å². The van der Waals surface area contributed by atoms with Crippen LogP contribution in [0.1, 0.15) is 29.5 Å². The molecular formula is C21H25ClN4O. The summed E-state index contributed by atoms with van der Waals surface area (Å²) in [5.74, 6) is 0.982. The molecule has 1 fully saturated rings. The van der Waals surface area contributed by atoms with Gasteiger partial charge in [0.15, 0.2) is 5.96 Å². The third kappa shape index (κ3) is 5.47. The van der Waals surface area contributed by atoms with E-state index in [1.54, 1.807) is 7.05 Å². The van der Waals surface area contributed by atoms with Crippen molar-refractivity contribution in [3.05, 3.63) is 70.2 Å². The molecule has 0 atom stereocenters. The number of rotatable bonds is 6. The van der Waals surface area contributed by atoms with Crippen LogP contribution in [0.5, 0.6) is 0 Å². The Morgan fingerprint density at radius 2 is 1.78 bits per heavy atom. The molecule has 1 heterocycles. The molecule has 2 N–H and O–H groups in total. The number of nitrogens with zero attached hydrogens (tertiary/aromatic N) is 2. The van der Waals surface area contributed by atoms with Crippen molar-refractivity contribution >= 4 is 23.5 Å². The van der Waals surface area contributed by atoms with Crippen molar-refractivity contribution in [2.24, 2.45) is 4.99 Å². The van der Waals surface area contributed by atoms with Gasteiger partial charge in [0.2, 0.25) is 5.91 Å². The molecule has 3 rings (SSSR count). The highest BCUT2D eigenvalue weighted by Gasteiger charge is 2.20. The first kappa shape index (κ1) is 19.2. The van der Waals surface area contributed by atoms with Gasteiger partial charge in [-0.1, -0.05) is 48.0 Å². The normalized spacial score (nSPS) is 14.5. The van der Waals surface area contributed by atoms with Crippen molar-refractivity contribution in [1.29, 1.82) is 0 Å². The quantitative estimate of drug-likeness (QED) is 0.593. The third-order valence-electron chi connectivity index (χ3n) is 4.69. The van der Waals surface area contributed by atoms with Gasteiger partial charge < -0.3 is 15.5 Å². The zero-order valence-electron chi connectivity index (χ0n) is 15.5. The van der Waals surface area contributed by atoms with E-state index in [9.17, 15) is 4.79 Å². The van der Waals surface area contributed by atoms with E-state index in [1.165, 1.54) is 11.1 Å². The fraction of sp³-hybridized carbons (Fsp3) is 0.333. The van der Waals surface area contributed by atoms with Gasteiger partial charge in [-0.25, -0.2) is 0 Å². The Bertz CT molecular complexity index is 804. The second-order valence-electron chi connectivity index (χ2n) is 6.59. The molecule has 5 nitrogen and oxygen atoms in total. The highest BCUT2D eigenvalue weighted by atomic mass is 35.5. The van der Waals surface area contributed by atoms with E-state index in [-0.39, 0.29) is 5.91 Å². The summed E-state index contributed by atoms with van der Waals surface area (Å²) < 4.78 is 0. The third-order valence-corrected chi connectivity index (χ3v) is 4.95. The maximum absolute atomic E-state index is 11.9. The predicted octanol–water partition coefficient (Wildman–Crippen LogP) is 3.33. The molecule has 142 valence electrons. The number of carbonyl (C=O) groups is 1. The van der Waals surface area contributed by atoms with Crippen molar-refractivity contribution in [3.63, 3.8) is 0 Å². The van der Waals surface area contributed by atoms with Crippen LogP contribution >= 0.6 is 11.6 Å². The number of guanidine groups is 1. The van der Waals surface area contributed by atoms with Crippen LogP contribution in [0.4, 0.5) is 0 Å². The minimum absolute atomic E-state index is 0.248. The first-order valence-corrected chi connectivity index (χ1v) is 9.57. The lowest BCUT2D eigenvalue weighted by Gasteiger charge is -2.19. The lowest BCUT2D eigenvalue weighted by molar-refractivity contribution is -0.128. The van der Waals surface area contributed by atoms with Gasteiger partial charge in [0.1, 0.15) is 0 Å². The summed E-state index contributed by atoms with van der Waals surface area (Å²) in [4.78, 5) is 18.1. The van der Waals surface area contributed by atoms with E-state index in [1.807, 2.05) is 41.3 Å². The minimum atomic E-state index is 0.248. The number of halogens is 1. The molecule has 1 saturated heterocycles. The van der Waals surface area contributed by atoms with Crippen LogP contribution in [0.25, 0.3) is 0 Å². The molecule has 1 aliphatic rings. The summed E-state index contributed by atoms with van der Waals surface area (Å²) >= 11 is 5.92. The van der Waals surface area contributed by atoms with Crippen LogP contribution in [-0.2, 0) is 24.4 Å². The largest absolute Gasteiger partial charge is 0.352 e. The lowest BCUT2D eigenvalue weighted by Crippen LogP contribution is -2.36. The molecule has 1 amide bonds. The number of nitrogens with one attached hydrogen (secondary N) is 2. The monoisotopic (exact) mass is 384 g/mol. The van der Waals surface area contributed by atoms with E-state index in [4.69, 9.17) is 11.6 Å².